The van der Waals surface area contributed by atoms with Gasteiger partial charge in [0.2, 0.25) is 5.89 Å². The lowest BCUT2D eigenvalue weighted by molar-refractivity contribution is -0.116. The summed E-state index contributed by atoms with van der Waals surface area (Å²) < 4.78 is 5.31. The quantitative estimate of drug-likeness (QED) is 0.675. The molecule has 4 bridgehead atoms. The highest BCUT2D eigenvalue weighted by molar-refractivity contribution is 7.99. The van der Waals surface area contributed by atoms with Crippen LogP contribution in [0.15, 0.2) is 33.9 Å². The molecule has 0 radical (unpaired) electrons. The maximum atomic E-state index is 12.3. The normalized spacial score (nSPS) is 31.4. The summed E-state index contributed by atoms with van der Waals surface area (Å²) in [4.78, 5) is 12.3. The van der Waals surface area contributed by atoms with Crippen molar-refractivity contribution >= 4 is 17.5 Å². The van der Waals surface area contributed by atoms with Crippen molar-refractivity contribution in [3.05, 3.63) is 41.3 Å². The zero-order chi connectivity index (χ0) is 18.4. The van der Waals surface area contributed by atoms with Gasteiger partial charge < -0.3 is 4.42 Å². The Morgan fingerprint density at radius 1 is 1.07 bits per heavy atom. The van der Waals surface area contributed by atoms with Crippen LogP contribution in [0, 0.1) is 24.7 Å². The highest BCUT2D eigenvalue weighted by Gasteiger charge is 2.51. The van der Waals surface area contributed by atoms with Gasteiger partial charge in [-0.05, 0) is 72.8 Å². The maximum Gasteiger partial charge on any atom is 0.276 e. The summed E-state index contributed by atoms with van der Waals surface area (Å²) in [5.41, 5.74) is 3.06. The number of carbonyl (C=O) groups excluding carboxylic acids is 1. The van der Waals surface area contributed by atoms with Crippen molar-refractivity contribution in [1.29, 1.82) is 0 Å². The summed E-state index contributed by atoms with van der Waals surface area (Å²) in [5.74, 6) is 3.98. The van der Waals surface area contributed by atoms with E-state index in [1.54, 1.807) is 6.92 Å². The number of ketones is 1. The van der Waals surface area contributed by atoms with Crippen LogP contribution in [-0.2, 0) is 16.6 Å². The van der Waals surface area contributed by atoms with Crippen LogP contribution in [0.5, 0.6) is 0 Å². The first-order valence-electron chi connectivity index (χ1n) is 10.1. The summed E-state index contributed by atoms with van der Waals surface area (Å²) in [6.45, 7) is 1.75. The van der Waals surface area contributed by atoms with Crippen LogP contribution in [0.2, 0.25) is 0 Å². The molecule has 0 N–H and O–H groups in total. The Morgan fingerprint density at radius 3 is 2.26 bits per heavy atom. The molecule has 0 saturated heterocycles. The largest absolute Gasteiger partial charge is 0.416 e. The third kappa shape index (κ3) is 3.46. The summed E-state index contributed by atoms with van der Waals surface area (Å²) in [7, 11) is 0. The number of benzene rings is 1. The lowest BCUT2D eigenvalue weighted by Gasteiger charge is -2.57. The number of nitrogens with zero attached hydrogens (tertiary/aromatic N) is 2. The standard InChI is InChI=1S/C22H26N2O2S/c1-14-23-24-21(26-14)27-13-20(25)9-15-2-4-19(5-3-15)22-10-16-6-17(11-22)8-18(7-16)12-22/h2-5,16-18H,6-13H2,1H3. The predicted molar refractivity (Wildman–Crippen MR) is 105 cm³/mol. The van der Waals surface area contributed by atoms with Crippen LogP contribution in [0.25, 0.3) is 0 Å². The van der Waals surface area contributed by atoms with Crippen molar-refractivity contribution in [2.75, 3.05) is 5.75 Å². The third-order valence-electron chi connectivity index (χ3n) is 6.87. The molecule has 5 heteroatoms. The highest BCUT2D eigenvalue weighted by Crippen LogP contribution is 2.60. The lowest BCUT2D eigenvalue weighted by Crippen LogP contribution is -2.48. The van der Waals surface area contributed by atoms with Crippen molar-refractivity contribution in [3.63, 3.8) is 0 Å². The average molecular weight is 383 g/mol. The molecule has 27 heavy (non-hydrogen) atoms. The van der Waals surface area contributed by atoms with Crippen LogP contribution >= 0.6 is 11.8 Å². The Balaban J connectivity index is 1.22. The van der Waals surface area contributed by atoms with Gasteiger partial charge in [0, 0.05) is 13.3 Å². The Kier molecular flexibility index (Phi) is 4.38. The molecule has 0 aliphatic heterocycles. The number of hydrogen-bond acceptors (Lipinski definition) is 5. The van der Waals surface area contributed by atoms with Gasteiger partial charge in [-0.25, -0.2) is 0 Å². The molecule has 0 spiro atoms. The van der Waals surface area contributed by atoms with Crippen molar-refractivity contribution in [3.8, 4) is 0 Å². The Labute approximate surface area is 164 Å². The fourth-order valence-corrected chi connectivity index (χ4v) is 6.86. The second-order valence-corrected chi connectivity index (χ2v) is 9.91. The third-order valence-corrected chi connectivity index (χ3v) is 7.75. The van der Waals surface area contributed by atoms with Gasteiger partial charge in [0.1, 0.15) is 5.78 Å². The van der Waals surface area contributed by atoms with Gasteiger partial charge in [-0.2, -0.15) is 0 Å². The van der Waals surface area contributed by atoms with Gasteiger partial charge in [-0.1, -0.05) is 36.0 Å². The number of hydrogen-bond donors (Lipinski definition) is 0. The molecule has 4 saturated carbocycles. The number of Topliss-reactive ketones (excluding diaryl/α,β-unsaturated/α-hetero) is 1. The molecule has 4 fully saturated rings. The fraction of sp³-hybridized carbons (Fsp3) is 0.591. The van der Waals surface area contributed by atoms with E-state index in [9.17, 15) is 4.79 Å². The molecule has 1 aromatic carbocycles. The van der Waals surface area contributed by atoms with Gasteiger partial charge in [-0.3, -0.25) is 4.79 Å². The number of aryl methyl sites for hydroxylation is 1. The summed E-state index contributed by atoms with van der Waals surface area (Å²) in [5, 5.41) is 8.18. The summed E-state index contributed by atoms with van der Waals surface area (Å²) in [6, 6.07) is 8.97. The van der Waals surface area contributed by atoms with Gasteiger partial charge in [0.25, 0.3) is 5.22 Å². The first kappa shape index (κ1) is 17.5. The number of aromatic nitrogens is 2. The van der Waals surface area contributed by atoms with E-state index >= 15 is 0 Å². The molecule has 0 atom stereocenters. The van der Waals surface area contributed by atoms with Crippen molar-refractivity contribution in [2.45, 2.75) is 62.5 Å². The highest BCUT2D eigenvalue weighted by atomic mass is 32.2. The Bertz CT molecular complexity index is 807. The monoisotopic (exact) mass is 382 g/mol. The SMILES string of the molecule is Cc1nnc(SCC(=O)Cc2ccc(C34CC5CC(CC(C5)C3)C4)cc2)o1. The molecule has 142 valence electrons. The van der Waals surface area contributed by atoms with Crippen molar-refractivity contribution in [2.24, 2.45) is 17.8 Å². The van der Waals surface area contributed by atoms with Gasteiger partial charge in [0.05, 0.1) is 5.75 Å². The van der Waals surface area contributed by atoms with E-state index in [4.69, 9.17) is 4.42 Å². The number of thioether (sulfide) groups is 1. The molecule has 0 unspecified atom stereocenters. The van der Waals surface area contributed by atoms with Crippen LogP contribution in [0.1, 0.15) is 55.5 Å². The smallest absolute Gasteiger partial charge is 0.276 e. The molecule has 4 aliphatic rings. The molecule has 4 nitrogen and oxygen atoms in total. The summed E-state index contributed by atoms with van der Waals surface area (Å²) >= 11 is 1.32. The van der Waals surface area contributed by atoms with Crippen LogP contribution in [-0.4, -0.2) is 21.7 Å². The van der Waals surface area contributed by atoms with E-state index < -0.39 is 0 Å². The minimum Gasteiger partial charge on any atom is -0.416 e. The van der Waals surface area contributed by atoms with Crippen LogP contribution < -0.4 is 0 Å². The molecule has 1 aromatic heterocycles. The van der Waals surface area contributed by atoms with E-state index in [2.05, 4.69) is 34.5 Å². The van der Waals surface area contributed by atoms with Gasteiger partial charge in [0.15, 0.2) is 0 Å². The van der Waals surface area contributed by atoms with E-state index in [1.165, 1.54) is 55.9 Å². The summed E-state index contributed by atoms with van der Waals surface area (Å²) in [6.07, 6.45) is 9.06. The second-order valence-electron chi connectivity index (χ2n) is 8.99. The van der Waals surface area contributed by atoms with Gasteiger partial charge >= 0.3 is 0 Å². The first-order valence-corrected chi connectivity index (χ1v) is 11.1. The number of carbonyl (C=O) groups is 1. The molecular weight excluding hydrogens is 356 g/mol. The van der Waals surface area contributed by atoms with Crippen molar-refractivity contribution < 1.29 is 9.21 Å². The van der Waals surface area contributed by atoms with E-state index in [1.807, 2.05) is 0 Å². The zero-order valence-electron chi connectivity index (χ0n) is 15.8. The molecular formula is C22H26N2O2S. The Morgan fingerprint density at radius 2 is 1.70 bits per heavy atom. The Hall–Kier alpha value is -1.62. The fourth-order valence-electron chi connectivity index (χ4n) is 6.20. The lowest BCUT2D eigenvalue weighted by atomic mass is 9.48. The predicted octanol–water partition coefficient (Wildman–Crippen LogP) is 4.75. The molecule has 2 aromatic rings. The maximum absolute atomic E-state index is 12.3. The van der Waals surface area contributed by atoms with E-state index in [0.717, 1.165) is 23.3 Å². The minimum atomic E-state index is 0.193. The van der Waals surface area contributed by atoms with Crippen LogP contribution in [0.4, 0.5) is 0 Å². The number of rotatable bonds is 6. The second kappa shape index (κ2) is 6.77. The molecule has 1 heterocycles. The molecule has 4 aliphatic carbocycles. The topological polar surface area (TPSA) is 56.0 Å². The zero-order valence-corrected chi connectivity index (χ0v) is 16.6. The van der Waals surface area contributed by atoms with Gasteiger partial charge in [-0.15, -0.1) is 10.2 Å². The van der Waals surface area contributed by atoms with Crippen molar-refractivity contribution in [1.82, 2.24) is 10.2 Å². The van der Waals surface area contributed by atoms with E-state index in [0.29, 0.717) is 28.7 Å². The van der Waals surface area contributed by atoms with Crippen LogP contribution in [0.3, 0.4) is 0 Å². The molecule has 0 amide bonds. The van der Waals surface area contributed by atoms with E-state index in [-0.39, 0.29) is 5.78 Å². The minimum absolute atomic E-state index is 0.193. The molecule has 6 rings (SSSR count). The average Bonchev–Trinajstić information content (AvgIpc) is 3.05. The first-order chi connectivity index (χ1) is 13.1.